The van der Waals surface area contributed by atoms with Crippen LogP contribution in [0, 0.1) is 5.92 Å². The molecule has 3 atom stereocenters. The number of aliphatic hydroxyl groups is 1. The van der Waals surface area contributed by atoms with Gasteiger partial charge in [-0.05, 0) is 48.9 Å². The Hall–Kier alpha value is -1.87. The van der Waals surface area contributed by atoms with E-state index in [9.17, 15) is 5.11 Å². The van der Waals surface area contributed by atoms with Crippen LogP contribution in [0.15, 0.2) is 48.7 Å². The number of hydrogen-bond acceptors (Lipinski definition) is 3. The molecular formula is C22H28N2O. The summed E-state index contributed by atoms with van der Waals surface area (Å²) in [5.74, 6) is 1.37. The van der Waals surface area contributed by atoms with Crippen molar-refractivity contribution in [3.63, 3.8) is 0 Å². The van der Waals surface area contributed by atoms with Gasteiger partial charge in [0.15, 0.2) is 0 Å². The molecule has 2 aliphatic rings. The Kier molecular flexibility index (Phi) is 4.51. The normalized spacial score (nSPS) is 29.3. The van der Waals surface area contributed by atoms with E-state index in [-0.39, 0.29) is 5.92 Å². The summed E-state index contributed by atoms with van der Waals surface area (Å²) >= 11 is 0. The summed E-state index contributed by atoms with van der Waals surface area (Å²) in [5.41, 5.74) is 1.72. The molecule has 1 aliphatic heterocycles. The van der Waals surface area contributed by atoms with Crippen molar-refractivity contribution in [2.45, 2.75) is 57.1 Å². The zero-order valence-corrected chi connectivity index (χ0v) is 15.1. The van der Waals surface area contributed by atoms with Crippen LogP contribution in [0.2, 0.25) is 0 Å². The zero-order valence-electron chi connectivity index (χ0n) is 15.1. The van der Waals surface area contributed by atoms with E-state index in [1.165, 1.54) is 18.4 Å². The van der Waals surface area contributed by atoms with Gasteiger partial charge in [0.05, 0.1) is 5.60 Å². The number of hydrogen-bond donors (Lipinski definition) is 1. The van der Waals surface area contributed by atoms with Crippen LogP contribution in [0.5, 0.6) is 0 Å². The van der Waals surface area contributed by atoms with Gasteiger partial charge < -0.3 is 10.0 Å². The van der Waals surface area contributed by atoms with Crippen LogP contribution in [-0.4, -0.2) is 22.7 Å². The molecule has 2 aromatic rings. The fraction of sp³-hybridized carbons (Fsp3) is 0.500. The van der Waals surface area contributed by atoms with Gasteiger partial charge in [-0.1, -0.05) is 50.1 Å². The fourth-order valence-corrected chi connectivity index (χ4v) is 4.89. The average Bonchev–Trinajstić information content (AvgIpc) is 2.69. The SMILES string of the molecule is CCc1ccnc(N2CCC(O)(c3ccccc3)[C@@H]3CCCC[C@@H]32)c1. The molecule has 4 rings (SSSR count). The second-order valence-electron chi connectivity index (χ2n) is 7.57. The first-order valence-electron chi connectivity index (χ1n) is 9.72. The minimum atomic E-state index is -0.703. The van der Waals surface area contributed by atoms with Crippen LogP contribution in [0.3, 0.4) is 0 Å². The quantitative estimate of drug-likeness (QED) is 0.908. The first-order valence-corrected chi connectivity index (χ1v) is 9.72. The molecule has 1 saturated carbocycles. The molecule has 1 N–H and O–H groups in total. The highest BCUT2D eigenvalue weighted by Crippen LogP contribution is 2.47. The van der Waals surface area contributed by atoms with Gasteiger partial charge >= 0.3 is 0 Å². The number of aromatic nitrogens is 1. The Morgan fingerprint density at radius 3 is 2.76 bits per heavy atom. The zero-order chi connectivity index (χ0) is 17.3. The molecule has 2 heterocycles. The lowest BCUT2D eigenvalue weighted by Gasteiger charge is -2.53. The molecule has 2 fully saturated rings. The molecule has 3 nitrogen and oxygen atoms in total. The fourth-order valence-electron chi connectivity index (χ4n) is 4.89. The molecule has 132 valence electrons. The molecule has 0 radical (unpaired) electrons. The molecule has 1 saturated heterocycles. The van der Waals surface area contributed by atoms with Crippen LogP contribution in [-0.2, 0) is 12.0 Å². The summed E-state index contributed by atoms with van der Waals surface area (Å²) in [6, 6.07) is 15.0. The second-order valence-corrected chi connectivity index (χ2v) is 7.57. The highest BCUT2D eigenvalue weighted by atomic mass is 16.3. The maximum absolute atomic E-state index is 11.7. The van der Waals surface area contributed by atoms with Gasteiger partial charge in [0, 0.05) is 24.7 Å². The monoisotopic (exact) mass is 336 g/mol. The Balaban J connectivity index is 1.68. The van der Waals surface area contributed by atoms with Gasteiger partial charge in [-0.25, -0.2) is 4.98 Å². The summed E-state index contributed by atoms with van der Waals surface area (Å²) in [5, 5.41) is 11.7. The lowest BCUT2D eigenvalue weighted by atomic mass is 9.66. The molecule has 1 aromatic carbocycles. The van der Waals surface area contributed by atoms with Crippen molar-refractivity contribution in [3.05, 3.63) is 59.8 Å². The third-order valence-corrected chi connectivity index (χ3v) is 6.26. The van der Waals surface area contributed by atoms with Gasteiger partial charge in [0.1, 0.15) is 5.82 Å². The van der Waals surface area contributed by atoms with Gasteiger partial charge in [-0.2, -0.15) is 0 Å². The largest absolute Gasteiger partial charge is 0.385 e. The first-order chi connectivity index (χ1) is 12.2. The summed E-state index contributed by atoms with van der Waals surface area (Å²) in [4.78, 5) is 7.14. The van der Waals surface area contributed by atoms with Crippen molar-refractivity contribution >= 4 is 5.82 Å². The summed E-state index contributed by atoms with van der Waals surface area (Å²) in [7, 11) is 0. The minimum absolute atomic E-state index is 0.282. The minimum Gasteiger partial charge on any atom is -0.385 e. The number of anilines is 1. The number of aryl methyl sites for hydroxylation is 1. The topological polar surface area (TPSA) is 36.4 Å². The molecular weight excluding hydrogens is 308 g/mol. The highest BCUT2D eigenvalue weighted by molar-refractivity contribution is 5.44. The predicted octanol–water partition coefficient (Wildman–Crippen LogP) is 4.30. The molecule has 1 aliphatic carbocycles. The first kappa shape index (κ1) is 16.6. The molecule has 3 heteroatoms. The van der Waals surface area contributed by atoms with Crippen molar-refractivity contribution in [2.75, 3.05) is 11.4 Å². The van der Waals surface area contributed by atoms with Gasteiger partial charge in [0.2, 0.25) is 0 Å². The summed E-state index contributed by atoms with van der Waals surface area (Å²) in [6.45, 7) is 3.06. The van der Waals surface area contributed by atoms with Crippen LogP contribution in [0.1, 0.15) is 50.2 Å². The van der Waals surface area contributed by atoms with Gasteiger partial charge in [0.25, 0.3) is 0 Å². The standard InChI is InChI=1S/C22H28N2O/c1-2-17-12-14-23-21(16-17)24-15-13-22(25,18-8-4-3-5-9-18)19-10-6-7-11-20(19)24/h3-5,8-9,12,14,16,19-20,25H,2,6-7,10-11,13,15H2,1H3/t19-,20+,22?/m1/s1. The molecule has 0 bridgehead atoms. The second kappa shape index (κ2) is 6.80. The van der Waals surface area contributed by atoms with Crippen molar-refractivity contribution in [1.82, 2.24) is 4.98 Å². The maximum atomic E-state index is 11.7. The Morgan fingerprint density at radius 2 is 1.96 bits per heavy atom. The molecule has 25 heavy (non-hydrogen) atoms. The number of piperidine rings is 1. The summed E-state index contributed by atoms with van der Waals surface area (Å²) in [6.07, 6.45) is 8.45. The number of benzene rings is 1. The predicted molar refractivity (Wildman–Crippen MR) is 102 cm³/mol. The van der Waals surface area contributed by atoms with E-state index >= 15 is 0 Å². The van der Waals surface area contributed by atoms with Gasteiger partial charge in [-0.15, -0.1) is 0 Å². The van der Waals surface area contributed by atoms with E-state index < -0.39 is 5.60 Å². The van der Waals surface area contributed by atoms with E-state index in [1.807, 2.05) is 24.4 Å². The van der Waals surface area contributed by atoms with Crippen LogP contribution >= 0.6 is 0 Å². The van der Waals surface area contributed by atoms with Crippen LogP contribution in [0.4, 0.5) is 5.82 Å². The molecule has 0 amide bonds. The van der Waals surface area contributed by atoms with Gasteiger partial charge in [-0.3, -0.25) is 0 Å². The lowest BCUT2D eigenvalue weighted by Crippen LogP contribution is -2.57. The Labute approximate surface area is 150 Å². The van der Waals surface area contributed by atoms with E-state index in [1.54, 1.807) is 0 Å². The molecule has 0 spiro atoms. The Bertz CT molecular complexity index is 717. The molecule has 1 unspecified atom stereocenters. The lowest BCUT2D eigenvalue weighted by molar-refractivity contribution is -0.0690. The van der Waals surface area contributed by atoms with Crippen molar-refractivity contribution in [1.29, 1.82) is 0 Å². The van der Waals surface area contributed by atoms with Crippen molar-refractivity contribution < 1.29 is 5.11 Å². The third-order valence-electron chi connectivity index (χ3n) is 6.26. The third kappa shape index (κ3) is 2.95. The number of pyridine rings is 1. The molecule has 1 aromatic heterocycles. The number of nitrogens with zero attached hydrogens (tertiary/aromatic N) is 2. The average molecular weight is 336 g/mol. The van der Waals surface area contributed by atoms with Crippen LogP contribution < -0.4 is 4.90 Å². The van der Waals surface area contributed by atoms with Crippen LogP contribution in [0.25, 0.3) is 0 Å². The van der Waals surface area contributed by atoms with E-state index in [0.717, 1.165) is 43.6 Å². The van der Waals surface area contributed by atoms with E-state index in [0.29, 0.717) is 6.04 Å². The van der Waals surface area contributed by atoms with Crippen molar-refractivity contribution in [3.8, 4) is 0 Å². The number of fused-ring (bicyclic) bond motifs is 1. The van der Waals surface area contributed by atoms with E-state index in [4.69, 9.17) is 0 Å². The smallest absolute Gasteiger partial charge is 0.128 e. The Morgan fingerprint density at radius 1 is 1.16 bits per heavy atom. The maximum Gasteiger partial charge on any atom is 0.128 e. The number of rotatable bonds is 3. The highest BCUT2D eigenvalue weighted by Gasteiger charge is 2.49. The van der Waals surface area contributed by atoms with Crippen molar-refractivity contribution in [2.24, 2.45) is 5.92 Å². The summed E-state index contributed by atoms with van der Waals surface area (Å²) < 4.78 is 0. The van der Waals surface area contributed by atoms with E-state index in [2.05, 4.69) is 41.1 Å².